The molecule has 0 aliphatic carbocycles. The summed E-state index contributed by atoms with van der Waals surface area (Å²) >= 11 is 0. The molecule has 1 fully saturated rings. The van der Waals surface area contributed by atoms with Crippen molar-refractivity contribution in [1.29, 1.82) is 0 Å². The second-order valence-corrected chi connectivity index (χ2v) is 9.32. The average Bonchev–Trinajstić information content (AvgIpc) is 3.44. The zero-order valence-corrected chi connectivity index (χ0v) is 21.6. The van der Waals surface area contributed by atoms with Crippen LogP contribution < -0.4 is 14.4 Å². The number of nitro benzene ring substituents is 1. The van der Waals surface area contributed by atoms with Crippen LogP contribution in [-0.4, -0.2) is 52.9 Å². The van der Waals surface area contributed by atoms with Crippen LogP contribution in [0.5, 0.6) is 11.5 Å². The van der Waals surface area contributed by atoms with Crippen LogP contribution in [0.1, 0.15) is 34.3 Å². The van der Waals surface area contributed by atoms with Gasteiger partial charge in [0.25, 0.3) is 11.6 Å². The summed E-state index contributed by atoms with van der Waals surface area (Å²) in [6.07, 6.45) is -1.31. The van der Waals surface area contributed by atoms with Gasteiger partial charge in [0.1, 0.15) is 13.2 Å². The third-order valence-electron chi connectivity index (χ3n) is 6.88. The zero-order valence-electron chi connectivity index (χ0n) is 21.6. The highest BCUT2D eigenvalue weighted by molar-refractivity contribution is 6.05. The molecule has 5 rings (SSSR count). The molecule has 0 aromatic heterocycles. The van der Waals surface area contributed by atoms with Crippen molar-refractivity contribution >= 4 is 23.4 Å². The maximum absolute atomic E-state index is 13.5. The molecule has 3 aromatic carbocycles. The van der Waals surface area contributed by atoms with Crippen LogP contribution in [0.15, 0.2) is 66.7 Å². The van der Waals surface area contributed by atoms with Gasteiger partial charge in [-0.15, -0.1) is 0 Å². The second kappa shape index (κ2) is 11.6. The van der Waals surface area contributed by atoms with Gasteiger partial charge in [-0.3, -0.25) is 19.8 Å². The van der Waals surface area contributed by atoms with Crippen LogP contribution in [0, 0.1) is 10.1 Å². The summed E-state index contributed by atoms with van der Waals surface area (Å²) in [6, 6.07) is 17.3. The number of non-ortho nitro benzene ring substituents is 1. The normalized spacial score (nSPS) is 18.0. The molecule has 12 heteroatoms. The van der Waals surface area contributed by atoms with Crippen LogP contribution >= 0.6 is 0 Å². The summed E-state index contributed by atoms with van der Waals surface area (Å²) in [4.78, 5) is 49.9. The molecule has 0 spiro atoms. The lowest BCUT2D eigenvalue weighted by atomic mass is 10.1. The van der Waals surface area contributed by atoms with Gasteiger partial charge in [-0.1, -0.05) is 30.3 Å². The SMILES string of the molecule is COc1cc2c(cc1OCc1ccccc1)N(C(=O)OOCc1ccc([N+](=O)[O-])cc1)C(O)[C@@H]1CCCN1C2=O. The van der Waals surface area contributed by atoms with Crippen molar-refractivity contribution in [2.45, 2.75) is 38.3 Å². The first-order valence-electron chi connectivity index (χ1n) is 12.6. The standard InChI is InChI=1S/C28H27N3O9/c1-37-24-14-21-23(15-25(24)38-16-18-6-3-2-4-7-18)30(27(33)22-8-5-13-29(22)26(21)32)28(34)40-39-17-19-9-11-20(12-10-19)31(35)36/h2-4,6-7,9-12,14-15,22,27,33H,5,8,13,16-17H2,1H3/t22-,27?/m0/s1. The first kappa shape index (κ1) is 26.9. The minimum Gasteiger partial charge on any atom is -0.493 e. The van der Waals surface area contributed by atoms with Gasteiger partial charge in [0.2, 0.25) is 0 Å². The van der Waals surface area contributed by atoms with Crippen LogP contribution in [-0.2, 0) is 23.0 Å². The summed E-state index contributed by atoms with van der Waals surface area (Å²) in [6.45, 7) is 0.432. The van der Waals surface area contributed by atoms with E-state index in [9.17, 15) is 24.8 Å². The molecule has 2 amide bonds. The van der Waals surface area contributed by atoms with E-state index < -0.39 is 23.3 Å². The number of carbonyl (C=O) groups is 2. The van der Waals surface area contributed by atoms with Gasteiger partial charge in [-0.25, -0.2) is 9.69 Å². The number of anilines is 1. The number of nitro groups is 1. The van der Waals surface area contributed by atoms with Gasteiger partial charge in [0.05, 0.1) is 29.3 Å². The number of carbonyl (C=O) groups excluding carboxylic acids is 2. The fourth-order valence-electron chi connectivity index (χ4n) is 4.86. The van der Waals surface area contributed by atoms with Gasteiger partial charge < -0.3 is 19.5 Å². The van der Waals surface area contributed by atoms with E-state index in [1.54, 1.807) is 4.90 Å². The number of benzene rings is 3. The Balaban J connectivity index is 1.42. The molecule has 2 aliphatic heterocycles. The molecule has 3 aromatic rings. The van der Waals surface area contributed by atoms with Crippen molar-refractivity contribution in [3.63, 3.8) is 0 Å². The van der Waals surface area contributed by atoms with Gasteiger partial charge in [0, 0.05) is 24.7 Å². The van der Waals surface area contributed by atoms with Crippen molar-refractivity contribution in [1.82, 2.24) is 4.90 Å². The highest BCUT2D eigenvalue weighted by Gasteiger charge is 2.45. The lowest BCUT2D eigenvalue weighted by molar-refractivity contribution is -0.384. The second-order valence-electron chi connectivity index (χ2n) is 9.32. The molecule has 0 radical (unpaired) electrons. The Bertz CT molecular complexity index is 1400. The Morgan fingerprint density at radius 3 is 2.48 bits per heavy atom. The number of hydrogen-bond donors (Lipinski definition) is 1. The third kappa shape index (κ3) is 5.40. The van der Waals surface area contributed by atoms with E-state index in [0.717, 1.165) is 10.5 Å². The number of methoxy groups -OCH3 is 1. The molecule has 12 nitrogen and oxygen atoms in total. The molecular weight excluding hydrogens is 522 g/mol. The van der Waals surface area contributed by atoms with Gasteiger partial charge >= 0.3 is 6.09 Å². The number of hydrogen-bond acceptors (Lipinski definition) is 9. The first-order valence-corrected chi connectivity index (χ1v) is 12.6. The number of aliphatic hydroxyl groups is 1. The van der Waals surface area contributed by atoms with E-state index in [-0.39, 0.29) is 47.6 Å². The molecule has 40 heavy (non-hydrogen) atoms. The van der Waals surface area contributed by atoms with Crippen molar-refractivity contribution in [2.24, 2.45) is 0 Å². The molecule has 2 atom stereocenters. The fraction of sp³-hybridized carbons (Fsp3) is 0.286. The molecule has 1 unspecified atom stereocenters. The van der Waals surface area contributed by atoms with Crippen LogP contribution in [0.2, 0.25) is 0 Å². The lowest BCUT2D eigenvalue weighted by Gasteiger charge is -2.31. The number of amides is 2. The molecule has 1 saturated heterocycles. The highest BCUT2D eigenvalue weighted by atomic mass is 17.2. The number of fused-ring (bicyclic) bond motifs is 2. The monoisotopic (exact) mass is 549 g/mol. The largest absolute Gasteiger partial charge is 0.493 e. The van der Waals surface area contributed by atoms with E-state index >= 15 is 0 Å². The topological polar surface area (TPSA) is 141 Å². The molecular formula is C28H27N3O9. The molecule has 1 N–H and O–H groups in total. The molecule has 2 aliphatic rings. The van der Waals surface area contributed by atoms with Gasteiger partial charge in [-0.2, -0.15) is 4.89 Å². The maximum Gasteiger partial charge on any atom is 0.447 e. The Hall–Kier alpha value is -4.68. The number of rotatable bonds is 8. The summed E-state index contributed by atoms with van der Waals surface area (Å²) in [7, 11) is 1.45. The maximum atomic E-state index is 13.5. The van der Waals surface area contributed by atoms with Crippen LogP contribution in [0.4, 0.5) is 16.2 Å². The third-order valence-corrected chi connectivity index (χ3v) is 6.88. The number of aliphatic hydroxyl groups excluding tert-OH is 1. The predicted molar refractivity (Wildman–Crippen MR) is 141 cm³/mol. The average molecular weight is 550 g/mol. The van der Waals surface area contributed by atoms with Crippen molar-refractivity contribution < 1.29 is 38.9 Å². The van der Waals surface area contributed by atoms with E-state index in [4.69, 9.17) is 19.2 Å². The van der Waals surface area contributed by atoms with E-state index in [0.29, 0.717) is 24.9 Å². The summed E-state index contributed by atoms with van der Waals surface area (Å²) in [5.41, 5.74) is 1.55. The molecule has 0 bridgehead atoms. The van der Waals surface area contributed by atoms with E-state index in [2.05, 4.69) is 0 Å². The zero-order chi connectivity index (χ0) is 28.2. The highest BCUT2D eigenvalue weighted by Crippen LogP contribution is 2.41. The smallest absolute Gasteiger partial charge is 0.447 e. The van der Waals surface area contributed by atoms with Crippen molar-refractivity contribution in [2.75, 3.05) is 18.6 Å². The van der Waals surface area contributed by atoms with Gasteiger partial charge in [-0.05, 0) is 42.2 Å². The Morgan fingerprint density at radius 2 is 1.77 bits per heavy atom. The number of nitrogens with zero attached hydrogens (tertiary/aromatic N) is 3. The predicted octanol–water partition coefficient (Wildman–Crippen LogP) is 4.19. The molecule has 0 saturated carbocycles. The summed E-state index contributed by atoms with van der Waals surface area (Å²) in [5, 5.41) is 22.2. The van der Waals surface area contributed by atoms with E-state index in [1.807, 2.05) is 30.3 Å². The van der Waals surface area contributed by atoms with Crippen molar-refractivity contribution in [3.05, 3.63) is 93.5 Å². The lowest BCUT2D eigenvalue weighted by Crippen LogP contribution is -2.50. The quantitative estimate of drug-likeness (QED) is 0.249. The minimum absolute atomic E-state index is 0.0831. The number of ether oxygens (including phenoxy) is 2. The summed E-state index contributed by atoms with van der Waals surface area (Å²) in [5.74, 6) is 0.196. The molecule has 2 heterocycles. The van der Waals surface area contributed by atoms with Gasteiger partial charge in [0.15, 0.2) is 17.7 Å². The Kier molecular flexibility index (Phi) is 7.80. The van der Waals surface area contributed by atoms with E-state index in [1.165, 1.54) is 43.5 Å². The Morgan fingerprint density at radius 1 is 1.05 bits per heavy atom. The Labute approximate surface area is 229 Å². The molecule has 208 valence electrons. The first-order chi connectivity index (χ1) is 19.4. The van der Waals surface area contributed by atoms with Crippen molar-refractivity contribution in [3.8, 4) is 11.5 Å². The summed E-state index contributed by atoms with van der Waals surface area (Å²) < 4.78 is 11.5. The minimum atomic E-state index is -1.42. The van der Waals surface area contributed by atoms with Crippen LogP contribution in [0.25, 0.3) is 0 Å². The van der Waals surface area contributed by atoms with Crippen LogP contribution in [0.3, 0.4) is 0 Å². The fourth-order valence-corrected chi connectivity index (χ4v) is 4.86.